The fraction of sp³-hybridized carbons (Fsp3) is 0.263. The second kappa shape index (κ2) is 8.83. The van der Waals surface area contributed by atoms with Gasteiger partial charge in [0.25, 0.3) is 5.91 Å². The van der Waals surface area contributed by atoms with Crippen molar-refractivity contribution in [2.75, 3.05) is 31.2 Å². The van der Waals surface area contributed by atoms with Crippen molar-refractivity contribution >= 4 is 27.5 Å². The Morgan fingerprint density at radius 2 is 1.57 bits per heavy atom. The van der Waals surface area contributed by atoms with Crippen molar-refractivity contribution in [2.45, 2.75) is 6.54 Å². The molecule has 0 bridgehead atoms. The van der Waals surface area contributed by atoms with Crippen LogP contribution >= 0.6 is 0 Å². The molecular weight excluding hydrogens is 385 g/mol. The number of nitrogens with zero attached hydrogens (tertiary/aromatic N) is 2. The Morgan fingerprint density at radius 3 is 2.07 bits per heavy atom. The van der Waals surface area contributed by atoms with E-state index in [1.807, 2.05) is 0 Å². The van der Waals surface area contributed by atoms with Gasteiger partial charge in [-0.3, -0.25) is 13.9 Å². The molecule has 0 atom stereocenters. The van der Waals surface area contributed by atoms with Crippen LogP contribution in [0.3, 0.4) is 0 Å². The van der Waals surface area contributed by atoms with E-state index in [1.165, 1.54) is 53.4 Å². The SMILES string of the molecule is CN(C)C(=O)c1ccc(N(CC(=O)NCc2ccc(F)cc2)S(C)(=O)=O)cc1. The van der Waals surface area contributed by atoms with Gasteiger partial charge in [0.2, 0.25) is 15.9 Å². The predicted molar refractivity (Wildman–Crippen MR) is 105 cm³/mol. The minimum Gasteiger partial charge on any atom is -0.350 e. The summed E-state index contributed by atoms with van der Waals surface area (Å²) >= 11 is 0. The smallest absolute Gasteiger partial charge is 0.253 e. The topological polar surface area (TPSA) is 86.8 Å². The van der Waals surface area contributed by atoms with Crippen molar-refractivity contribution in [1.82, 2.24) is 10.2 Å². The molecule has 0 aliphatic rings. The average Bonchev–Trinajstić information content (AvgIpc) is 2.64. The van der Waals surface area contributed by atoms with Crippen LogP contribution < -0.4 is 9.62 Å². The Morgan fingerprint density at radius 1 is 1.00 bits per heavy atom. The van der Waals surface area contributed by atoms with E-state index in [1.54, 1.807) is 14.1 Å². The highest BCUT2D eigenvalue weighted by Crippen LogP contribution is 2.18. The zero-order valence-corrected chi connectivity index (χ0v) is 16.7. The first-order valence-electron chi connectivity index (χ1n) is 8.38. The van der Waals surface area contributed by atoms with Gasteiger partial charge in [-0.1, -0.05) is 12.1 Å². The predicted octanol–water partition coefficient (Wildman–Crippen LogP) is 1.61. The first-order chi connectivity index (χ1) is 13.1. The standard InChI is InChI=1S/C19H22FN3O4S/c1-22(2)19(25)15-6-10-17(11-7-15)23(28(3,26)27)13-18(24)21-12-14-4-8-16(20)9-5-14/h4-11H,12-13H2,1-3H3,(H,21,24). The Kier molecular flexibility index (Phi) is 6.74. The number of sulfonamides is 1. The Balaban J connectivity index is 2.10. The van der Waals surface area contributed by atoms with E-state index < -0.39 is 22.5 Å². The molecule has 0 unspecified atom stereocenters. The Bertz CT molecular complexity index is 942. The molecule has 0 saturated heterocycles. The Labute approximate surface area is 163 Å². The van der Waals surface area contributed by atoms with Gasteiger partial charge in [0.1, 0.15) is 12.4 Å². The van der Waals surface area contributed by atoms with E-state index >= 15 is 0 Å². The molecule has 0 fully saturated rings. The molecule has 2 amide bonds. The summed E-state index contributed by atoms with van der Waals surface area (Å²) in [6, 6.07) is 11.6. The molecule has 0 saturated carbocycles. The van der Waals surface area contributed by atoms with Crippen LogP contribution in [0.5, 0.6) is 0 Å². The minimum atomic E-state index is -3.72. The van der Waals surface area contributed by atoms with Gasteiger partial charge >= 0.3 is 0 Å². The van der Waals surface area contributed by atoms with Gasteiger partial charge < -0.3 is 10.2 Å². The number of hydrogen-bond donors (Lipinski definition) is 1. The zero-order chi connectivity index (χ0) is 20.9. The highest BCUT2D eigenvalue weighted by molar-refractivity contribution is 7.92. The number of anilines is 1. The normalized spacial score (nSPS) is 11.0. The van der Waals surface area contributed by atoms with Crippen LogP contribution in [0.1, 0.15) is 15.9 Å². The lowest BCUT2D eigenvalue weighted by molar-refractivity contribution is -0.119. The number of hydrogen-bond acceptors (Lipinski definition) is 4. The molecule has 0 heterocycles. The van der Waals surface area contributed by atoms with Crippen molar-refractivity contribution < 1.29 is 22.4 Å². The summed E-state index contributed by atoms with van der Waals surface area (Å²) < 4.78 is 38.1. The van der Waals surface area contributed by atoms with E-state index in [9.17, 15) is 22.4 Å². The van der Waals surface area contributed by atoms with Gasteiger partial charge in [0.15, 0.2) is 0 Å². The number of amides is 2. The van der Waals surface area contributed by atoms with Gasteiger partial charge in [-0.2, -0.15) is 0 Å². The number of nitrogens with one attached hydrogen (secondary N) is 1. The monoisotopic (exact) mass is 407 g/mol. The number of carbonyl (C=O) groups is 2. The molecule has 9 heteroatoms. The minimum absolute atomic E-state index is 0.146. The molecule has 0 aromatic heterocycles. The number of halogens is 1. The molecule has 0 aliphatic carbocycles. The molecule has 0 radical (unpaired) electrons. The summed E-state index contributed by atoms with van der Waals surface area (Å²) in [4.78, 5) is 25.6. The van der Waals surface area contributed by atoms with Crippen LogP contribution in [0, 0.1) is 5.82 Å². The molecule has 0 spiro atoms. The summed E-state index contributed by atoms with van der Waals surface area (Å²) in [5.74, 6) is -1.10. The summed E-state index contributed by atoms with van der Waals surface area (Å²) in [7, 11) is -0.492. The van der Waals surface area contributed by atoms with Crippen molar-refractivity contribution in [1.29, 1.82) is 0 Å². The van der Waals surface area contributed by atoms with Gasteiger partial charge in [-0.15, -0.1) is 0 Å². The van der Waals surface area contributed by atoms with Crippen molar-refractivity contribution in [3.8, 4) is 0 Å². The van der Waals surface area contributed by atoms with E-state index in [2.05, 4.69) is 5.32 Å². The molecular formula is C19H22FN3O4S. The van der Waals surface area contributed by atoms with Crippen LogP contribution in [0.4, 0.5) is 10.1 Å². The maximum Gasteiger partial charge on any atom is 0.253 e. The van der Waals surface area contributed by atoms with Crippen molar-refractivity contribution in [3.05, 3.63) is 65.5 Å². The van der Waals surface area contributed by atoms with E-state index in [4.69, 9.17) is 0 Å². The van der Waals surface area contributed by atoms with Crippen LogP contribution in [0.2, 0.25) is 0 Å². The summed E-state index contributed by atoms with van der Waals surface area (Å²) in [5, 5.41) is 2.61. The zero-order valence-electron chi connectivity index (χ0n) is 15.8. The van der Waals surface area contributed by atoms with E-state index in [0.717, 1.165) is 10.6 Å². The summed E-state index contributed by atoms with van der Waals surface area (Å²) in [6.07, 6.45) is 0.999. The fourth-order valence-corrected chi connectivity index (χ4v) is 3.27. The fourth-order valence-electron chi connectivity index (χ4n) is 2.42. The summed E-state index contributed by atoms with van der Waals surface area (Å²) in [5.41, 5.74) is 1.37. The van der Waals surface area contributed by atoms with Gasteiger partial charge in [-0.05, 0) is 42.0 Å². The van der Waals surface area contributed by atoms with Crippen molar-refractivity contribution in [2.24, 2.45) is 0 Å². The second-order valence-electron chi connectivity index (χ2n) is 6.42. The maximum absolute atomic E-state index is 12.9. The lowest BCUT2D eigenvalue weighted by Crippen LogP contribution is -2.40. The molecule has 2 aromatic rings. The third kappa shape index (κ3) is 5.78. The van der Waals surface area contributed by atoms with E-state index in [0.29, 0.717) is 11.1 Å². The van der Waals surface area contributed by atoms with Crippen LogP contribution in [-0.2, 0) is 21.4 Å². The molecule has 150 valence electrons. The number of rotatable bonds is 7. The largest absolute Gasteiger partial charge is 0.350 e. The number of carbonyl (C=O) groups excluding carboxylic acids is 2. The van der Waals surface area contributed by atoms with Gasteiger partial charge in [-0.25, -0.2) is 12.8 Å². The highest BCUT2D eigenvalue weighted by Gasteiger charge is 2.21. The second-order valence-corrected chi connectivity index (χ2v) is 8.33. The number of benzene rings is 2. The van der Waals surface area contributed by atoms with Crippen LogP contribution in [0.25, 0.3) is 0 Å². The maximum atomic E-state index is 12.9. The van der Waals surface area contributed by atoms with Gasteiger partial charge in [0.05, 0.1) is 11.9 Å². The third-order valence-electron chi connectivity index (χ3n) is 3.90. The average molecular weight is 407 g/mol. The first-order valence-corrected chi connectivity index (χ1v) is 10.2. The highest BCUT2D eigenvalue weighted by atomic mass is 32.2. The van der Waals surface area contributed by atoms with Crippen LogP contribution in [0.15, 0.2) is 48.5 Å². The van der Waals surface area contributed by atoms with E-state index in [-0.39, 0.29) is 24.0 Å². The quantitative estimate of drug-likeness (QED) is 0.756. The lowest BCUT2D eigenvalue weighted by atomic mass is 10.2. The molecule has 2 rings (SSSR count). The molecule has 1 N–H and O–H groups in total. The third-order valence-corrected chi connectivity index (χ3v) is 5.04. The molecule has 0 aliphatic heterocycles. The van der Waals surface area contributed by atoms with Gasteiger partial charge in [0, 0.05) is 26.2 Å². The lowest BCUT2D eigenvalue weighted by Gasteiger charge is -2.22. The van der Waals surface area contributed by atoms with Crippen LogP contribution in [-0.4, -0.2) is 52.0 Å². The summed E-state index contributed by atoms with van der Waals surface area (Å²) in [6.45, 7) is -0.270. The Hall–Kier alpha value is -2.94. The molecule has 2 aromatic carbocycles. The van der Waals surface area contributed by atoms with Crippen molar-refractivity contribution in [3.63, 3.8) is 0 Å². The molecule has 28 heavy (non-hydrogen) atoms. The molecule has 7 nitrogen and oxygen atoms in total. The first kappa shape index (κ1) is 21.4.